The van der Waals surface area contributed by atoms with Gasteiger partial charge in [0.1, 0.15) is 12.3 Å². The molecule has 1 aromatic heterocycles. The first kappa shape index (κ1) is 19.4. The average Bonchev–Trinajstić information content (AvgIpc) is 2.70. The number of carbonyl (C=O) groups is 1. The van der Waals surface area contributed by atoms with Gasteiger partial charge in [0.05, 0.1) is 12.3 Å². The maximum atomic E-state index is 12.2. The fraction of sp³-hybridized carbons (Fsp3) is 0.227. The van der Waals surface area contributed by atoms with Crippen LogP contribution in [-0.2, 0) is 17.9 Å². The lowest BCUT2D eigenvalue weighted by Gasteiger charge is -2.09. The summed E-state index contributed by atoms with van der Waals surface area (Å²) >= 11 is 0. The highest BCUT2D eigenvalue weighted by molar-refractivity contribution is 5.75. The molecule has 144 valence electrons. The van der Waals surface area contributed by atoms with E-state index in [1.54, 1.807) is 6.07 Å². The molecule has 0 atom stereocenters. The molecule has 0 aliphatic rings. The van der Waals surface area contributed by atoms with E-state index < -0.39 is 0 Å². The van der Waals surface area contributed by atoms with Crippen LogP contribution in [0.15, 0.2) is 65.5 Å². The van der Waals surface area contributed by atoms with Gasteiger partial charge in [0.2, 0.25) is 5.91 Å². The van der Waals surface area contributed by atoms with Crippen LogP contribution >= 0.6 is 0 Å². The molecular formula is C22H23N3O3. The fourth-order valence-corrected chi connectivity index (χ4v) is 2.70. The summed E-state index contributed by atoms with van der Waals surface area (Å²) in [5.41, 5.74) is 3.31. The Morgan fingerprint density at radius 3 is 2.43 bits per heavy atom. The van der Waals surface area contributed by atoms with E-state index in [0.717, 1.165) is 22.4 Å². The van der Waals surface area contributed by atoms with Crippen LogP contribution in [0.2, 0.25) is 0 Å². The molecule has 0 aliphatic carbocycles. The number of rotatable bonds is 7. The van der Waals surface area contributed by atoms with Crippen LogP contribution in [0.3, 0.4) is 0 Å². The standard InChI is InChI=1S/C22H23N3O3/c1-3-28-19-10-8-18(9-11-19)20-12-13-22(27)25(24-20)15-21(26)23-14-17-6-4-16(2)5-7-17/h4-13H,3,14-15H2,1-2H3,(H,23,26). The van der Waals surface area contributed by atoms with Crippen LogP contribution in [0.1, 0.15) is 18.1 Å². The summed E-state index contributed by atoms with van der Waals surface area (Å²) in [4.78, 5) is 24.3. The van der Waals surface area contributed by atoms with Crippen LogP contribution < -0.4 is 15.6 Å². The number of nitrogens with zero attached hydrogens (tertiary/aromatic N) is 2. The van der Waals surface area contributed by atoms with Gasteiger partial charge in [0.15, 0.2) is 0 Å². The third kappa shape index (κ3) is 5.07. The molecule has 28 heavy (non-hydrogen) atoms. The molecule has 6 heteroatoms. The van der Waals surface area contributed by atoms with E-state index in [-0.39, 0.29) is 18.0 Å². The highest BCUT2D eigenvalue weighted by atomic mass is 16.5. The normalized spacial score (nSPS) is 10.5. The molecule has 0 aliphatic heterocycles. The van der Waals surface area contributed by atoms with Crippen molar-refractivity contribution in [2.45, 2.75) is 26.9 Å². The number of nitrogens with one attached hydrogen (secondary N) is 1. The Bertz CT molecular complexity index is 993. The SMILES string of the molecule is CCOc1ccc(-c2ccc(=O)n(CC(=O)NCc3ccc(C)cc3)n2)cc1. The average molecular weight is 377 g/mol. The maximum absolute atomic E-state index is 12.2. The molecule has 0 radical (unpaired) electrons. The van der Waals surface area contributed by atoms with Crippen molar-refractivity contribution in [2.75, 3.05) is 6.61 Å². The van der Waals surface area contributed by atoms with Crippen molar-refractivity contribution in [1.29, 1.82) is 0 Å². The summed E-state index contributed by atoms with van der Waals surface area (Å²) in [5, 5.41) is 7.15. The number of hydrogen-bond donors (Lipinski definition) is 1. The smallest absolute Gasteiger partial charge is 0.267 e. The van der Waals surface area contributed by atoms with E-state index in [9.17, 15) is 9.59 Å². The van der Waals surface area contributed by atoms with Crippen molar-refractivity contribution < 1.29 is 9.53 Å². The number of amides is 1. The van der Waals surface area contributed by atoms with E-state index in [0.29, 0.717) is 18.8 Å². The topological polar surface area (TPSA) is 73.2 Å². The Labute approximate surface area is 163 Å². The molecule has 3 aromatic rings. The minimum Gasteiger partial charge on any atom is -0.494 e. The predicted molar refractivity (Wildman–Crippen MR) is 108 cm³/mol. The highest BCUT2D eigenvalue weighted by Gasteiger charge is 2.08. The second-order valence-electron chi connectivity index (χ2n) is 6.43. The van der Waals surface area contributed by atoms with E-state index >= 15 is 0 Å². The van der Waals surface area contributed by atoms with Crippen LogP contribution in [0, 0.1) is 6.92 Å². The lowest BCUT2D eigenvalue weighted by molar-refractivity contribution is -0.122. The molecule has 0 saturated carbocycles. The zero-order valence-electron chi connectivity index (χ0n) is 16.0. The van der Waals surface area contributed by atoms with Gasteiger partial charge in [-0.05, 0) is 49.7 Å². The zero-order chi connectivity index (χ0) is 19.9. The Hall–Kier alpha value is -3.41. The van der Waals surface area contributed by atoms with E-state index in [2.05, 4.69) is 10.4 Å². The van der Waals surface area contributed by atoms with Gasteiger partial charge in [-0.25, -0.2) is 4.68 Å². The molecule has 0 saturated heterocycles. The Morgan fingerprint density at radius 2 is 1.75 bits per heavy atom. The molecule has 0 spiro atoms. The van der Waals surface area contributed by atoms with Crippen molar-refractivity contribution in [3.63, 3.8) is 0 Å². The van der Waals surface area contributed by atoms with Gasteiger partial charge < -0.3 is 10.1 Å². The maximum Gasteiger partial charge on any atom is 0.267 e. The van der Waals surface area contributed by atoms with Gasteiger partial charge in [-0.1, -0.05) is 29.8 Å². The second-order valence-corrected chi connectivity index (χ2v) is 6.43. The molecule has 1 amide bonds. The number of ether oxygens (including phenoxy) is 1. The monoisotopic (exact) mass is 377 g/mol. The largest absolute Gasteiger partial charge is 0.494 e. The molecule has 0 unspecified atom stereocenters. The summed E-state index contributed by atoms with van der Waals surface area (Å²) in [6, 6.07) is 18.4. The van der Waals surface area contributed by atoms with Crippen molar-refractivity contribution in [2.24, 2.45) is 0 Å². The van der Waals surface area contributed by atoms with Gasteiger partial charge in [0, 0.05) is 18.2 Å². The molecular weight excluding hydrogens is 354 g/mol. The van der Waals surface area contributed by atoms with Crippen LogP contribution in [0.4, 0.5) is 0 Å². The Balaban J connectivity index is 1.68. The summed E-state index contributed by atoms with van der Waals surface area (Å²) in [6.07, 6.45) is 0. The summed E-state index contributed by atoms with van der Waals surface area (Å²) in [7, 11) is 0. The number of hydrogen-bond acceptors (Lipinski definition) is 4. The third-order valence-electron chi connectivity index (χ3n) is 4.23. The minimum atomic E-state index is -0.319. The second kappa shape index (κ2) is 8.99. The quantitative estimate of drug-likeness (QED) is 0.687. The van der Waals surface area contributed by atoms with Crippen molar-refractivity contribution in [3.8, 4) is 17.0 Å². The Kier molecular flexibility index (Phi) is 6.22. The molecule has 2 aromatic carbocycles. The Morgan fingerprint density at radius 1 is 1.04 bits per heavy atom. The van der Waals surface area contributed by atoms with Crippen molar-refractivity contribution in [1.82, 2.24) is 15.1 Å². The summed E-state index contributed by atoms with van der Waals surface area (Å²) in [5.74, 6) is 0.508. The molecule has 6 nitrogen and oxygen atoms in total. The van der Waals surface area contributed by atoms with E-state index in [1.165, 1.54) is 10.7 Å². The van der Waals surface area contributed by atoms with Gasteiger partial charge in [-0.3, -0.25) is 9.59 Å². The molecule has 1 N–H and O–H groups in total. The number of aromatic nitrogens is 2. The van der Waals surface area contributed by atoms with Gasteiger partial charge >= 0.3 is 0 Å². The summed E-state index contributed by atoms with van der Waals surface area (Å²) < 4.78 is 6.61. The molecule has 3 rings (SSSR count). The summed E-state index contributed by atoms with van der Waals surface area (Å²) in [6.45, 7) is 4.81. The fourth-order valence-electron chi connectivity index (χ4n) is 2.70. The minimum absolute atomic E-state index is 0.129. The van der Waals surface area contributed by atoms with Crippen LogP contribution in [0.5, 0.6) is 5.75 Å². The first-order valence-corrected chi connectivity index (χ1v) is 9.19. The highest BCUT2D eigenvalue weighted by Crippen LogP contribution is 2.19. The van der Waals surface area contributed by atoms with Crippen molar-refractivity contribution in [3.05, 3.63) is 82.1 Å². The number of aryl methyl sites for hydroxylation is 1. The first-order chi connectivity index (χ1) is 13.5. The first-order valence-electron chi connectivity index (χ1n) is 9.19. The van der Waals surface area contributed by atoms with Gasteiger partial charge in [0.25, 0.3) is 5.56 Å². The van der Waals surface area contributed by atoms with Crippen LogP contribution in [-0.4, -0.2) is 22.3 Å². The van der Waals surface area contributed by atoms with E-state index in [1.807, 2.05) is 62.4 Å². The lowest BCUT2D eigenvalue weighted by atomic mass is 10.1. The molecule has 0 bridgehead atoms. The molecule has 0 fully saturated rings. The lowest BCUT2D eigenvalue weighted by Crippen LogP contribution is -2.33. The molecule has 1 heterocycles. The third-order valence-corrected chi connectivity index (χ3v) is 4.23. The van der Waals surface area contributed by atoms with Gasteiger partial charge in [-0.15, -0.1) is 0 Å². The van der Waals surface area contributed by atoms with Gasteiger partial charge in [-0.2, -0.15) is 5.10 Å². The zero-order valence-corrected chi connectivity index (χ0v) is 16.0. The van der Waals surface area contributed by atoms with Crippen molar-refractivity contribution >= 4 is 5.91 Å². The number of carbonyl (C=O) groups excluding carboxylic acids is 1. The van der Waals surface area contributed by atoms with E-state index in [4.69, 9.17) is 4.74 Å². The predicted octanol–water partition coefficient (Wildman–Crippen LogP) is 2.93. The number of benzene rings is 2. The van der Waals surface area contributed by atoms with Crippen LogP contribution in [0.25, 0.3) is 11.3 Å².